The molecule has 1 saturated heterocycles. The number of aliphatic hydroxyl groups is 1. The van der Waals surface area contributed by atoms with Gasteiger partial charge in [0.05, 0.1) is 42.1 Å². The highest BCUT2D eigenvalue weighted by Gasteiger charge is 2.23. The van der Waals surface area contributed by atoms with Gasteiger partial charge in [-0.2, -0.15) is 20.5 Å². The molecule has 3 N–H and O–H groups in total. The van der Waals surface area contributed by atoms with Gasteiger partial charge >= 0.3 is 0 Å². The molecule has 10 heteroatoms. The molecule has 0 saturated carbocycles. The van der Waals surface area contributed by atoms with Crippen molar-refractivity contribution in [2.45, 2.75) is 19.6 Å². The SMILES string of the molecule is Cc1c(NC(=O)CN2CCN(Cc3cn[nH]n3)C[C@@H](O)C2)cnn1C. The number of rotatable bonds is 5. The van der Waals surface area contributed by atoms with Gasteiger partial charge in [0.1, 0.15) is 0 Å². The van der Waals surface area contributed by atoms with E-state index >= 15 is 0 Å². The minimum absolute atomic E-state index is 0.103. The summed E-state index contributed by atoms with van der Waals surface area (Å²) in [7, 11) is 1.83. The molecule has 1 amide bonds. The monoisotopic (exact) mass is 348 g/mol. The molecule has 0 spiro atoms. The highest BCUT2D eigenvalue weighted by molar-refractivity contribution is 5.92. The molecule has 25 heavy (non-hydrogen) atoms. The number of carbonyl (C=O) groups is 1. The van der Waals surface area contributed by atoms with Gasteiger partial charge in [0.25, 0.3) is 0 Å². The molecule has 0 radical (unpaired) electrons. The van der Waals surface area contributed by atoms with E-state index in [9.17, 15) is 9.90 Å². The zero-order valence-corrected chi connectivity index (χ0v) is 14.5. The van der Waals surface area contributed by atoms with Crippen LogP contribution in [-0.2, 0) is 18.4 Å². The first-order valence-electron chi connectivity index (χ1n) is 8.27. The van der Waals surface area contributed by atoms with E-state index in [2.05, 4.69) is 30.7 Å². The zero-order valence-electron chi connectivity index (χ0n) is 14.5. The Morgan fingerprint density at radius 2 is 2.12 bits per heavy atom. The van der Waals surface area contributed by atoms with Crippen molar-refractivity contribution < 1.29 is 9.90 Å². The number of β-amino-alcohol motifs (C(OH)–C–C–N with tert-alkyl or cyclic N) is 1. The van der Waals surface area contributed by atoms with Crippen molar-refractivity contribution in [3.8, 4) is 0 Å². The molecule has 1 aliphatic rings. The summed E-state index contributed by atoms with van der Waals surface area (Å²) in [4.78, 5) is 16.4. The molecule has 1 fully saturated rings. The van der Waals surface area contributed by atoms with Crippen LogP contribution < -0.4 is 5.32 Å². The Hall–Kier alpha value is -2.30. The van der Waals surface area contributed by atoms with E-state index < -0.39 is 6.10 Å². The van der Waals surface area contributed by atoms with Crippen LogP contribution in [0.4, 0.5) is 5.69 Å². The molecule has 3 heterocycles. The Labute approximate surface area is 145 Å². The number of aliphatic hydroxyl groups excluding tert-OH is 1. The molecule has 2 aromatic heterocycles. The number of nitrogens with zero attached hydrogens (tertiary/aromatic N) is 6. The maximum Gasteiger partial charge on any atom is 0.238 e. The van der Waals surface area contributed by atoms with Gasteiger partial charge in [0.15, 0.2) is 0 Å². The lowest BCUT2D eigenvalue weighted by Gasteiger charge is -2.20. The highest BCUT2D eigenvalue weighted by atomic mass is 16.3. The standard InChI is InChI=1S/C15H24N8O2/c1-11-14(6-17-21(11)2)18-15(25)10-23-4-3-22(8-13(24)9-23)7-12-5-16-20-19-12/h5-6,13,24H,3-4,7-10H2,1-2H3,(H,18,25)(H,16,19,20)/t13-/m1/s1. The molecule has 1 aliphatic heterocycles. The molecular weight excluding hydrogens is 324 g/mol. The molecular formula is C15H24N8O2. The van der Waals surface area contributed by atoms with Crippen molar-refractivity contribution in [1.82, 2.24) is 35.0 Å². The first kappa shape index (κ1) is 17.5. The number of anilines is 1. The Kier molecular flexibility index (Phi) is 5.41. The van der Waals surface area contributed by atoms with Gasteiger partial charge in [-0.25, -0.2) is 0 Å². The maximum absolute atomic E-state index is 12.3. The second kappa shape index (κ2) is 7.72. The van der Waals surface area contributed by atoms with Gasteiger partial charge in [0.2, 0.25) is 5.91 Å². The maximum atomic E-state index is 12.3. The van der Waals surface area contributed by atoms with Crippen molar-refractivity contribution in [1.29, 1.82) is 0 Å². The van der Waals surface area contributed by atoms with Crippen molar-refractivity contribution in [3.05, 3.63) is 23.8 Å². The molecule has 0 aliphatic carbocycles. The number of H-pyrrole nitrogens is 1. The summed E-state index contributed by atoms with van der Waals surface area (Å²) in [6, 6.07) is 0. The summed E-state index contributed by atoms with van der Waals surface area (Å²) < 4.78 is 1.72. The van der Waals surface area contributed by atoms with E-state index in [1.54, 1.807) is 17.1 Å². The average molecular weight is 348 g/mol. The average Bonchev–Trinajstić information content (AvgIpc) is 3.13. The topological polar surface area (TPSA) is 115 Å². The van der Waals surface area contributed by atoms with Crippen molar-refractivity contribution in [3.63, 3.8) is 0 Å². The van der Waals surface area contributed by atoms with E-state index in [0.29, 0.717) is 26.2 Å². The minimum Gasteiger partial charge on any atom is -0.390 e. The normalized spacial score (nSPS) is 19.7. The Morgan fingerprint density at radius 3 is 2.80 bits per heavy atom. The molecule has 3 rings (SSSR count). The van der Waals surface area contributed by atoms with Crippen LogP contribution in [0.2, 0.25) is 0 Å². The first-order valence-corrected chi connectivity index (χ1v) is 8.27. The number of hydrogen-bond donors (Lipinski definition) is 3. The number of aromatic amines is 1. The van der Waals surface area contributed by atoms with Crippen LogP contribution in [0.5, 0.6) is 0 Å². The Bertz CT molecular complexity index is 698. The lowest BCUT2D eigenvalue weighted by atomic mass is 10.3. The van der Waals surface area contributed by atoms with Gasteiger partial charge in [-0.05, 0) is 6.92 Å². The fourth-order valence-electron chi connectivity index (χ4n) is 2.95. The fourth-order valence-corrected chi connectivity index (χ4v) is 2.95. The molecule has 0 bridgehead atoms. The summed E-state index contributed by atoms with van der Waals surface area (Å²) >= 11 is 0. The summed E-state index contributed by atoms with van der Waals surface area (Å²) in [5, 5.41) is 27.7. The van der Waals surface area contributed by atoms with E-state index in [1.807, 2.05) is 18.9 Å². The first-order chi connectivity index (χ1) is 12.0. The van der Waals surface area contributed by atoms with Crippen LogP contribution in [0.25, 0.3) is 0 Å². The van der Waals surface area contributed by atoms with Crippen molar-refractivity contribution in [2.24, 2.45) is 7.05 Å². The number of aromatic nitrogens is 5. The Morgan fingerprint density at radius 1 is 1.36 bits per heavy atom. The summed E-state index contributed by atoms with van der Waals surface area (Å²) in [6.07, 6.45) is 2.81. The second-order valence-corrected chi connectivity index (χ2v) is 6.40. The minimum atomic E-state index is -0.512. The number of nitrogens with one attached hydrogen (secondary N) is 2. The lowest BCUT2D eigenvalue weighted by molar-refractivity contribution is -0.117. The van der Waals surface area contributed by atoms with E-state index in [-0.39, 0.29) is 12.5 Å². The zero-order chi connectivity index (χ0) is 17.8. The van der Waals surface area contributed by atoms with Crippen molar-refractivity contribution in [2.75, 3.05) is 38.0 Å². The highest BCUT2D eigenvalue weighted by Crippen LogP contribution is 2.12. The number of amides is 1. The van der Waals surface area contributed by atoms with Crippen LogP contribution in [0.1, 0.15) is 11.4 Å². The third kappa shape index (κ3) is 4.62. The predicted octanol–water partition coefficient (Wildman–Crippen LogP) is -1.04. The summed E-state index contributed by atoms with van der Waals surface area (Å²) in [5.41, 5.74) is 2.46. The second-order valence-electron chi connectivity index (χ2n) is 6.40. The largest absolute Gasteiger partial charge is 0.390 e. The lowest BCUT2D eigenvalue weighted by Crippen LogP contribution is -2.38. The van der Waals surface area contributed by atoms with Gasteiger partial charge < -0.3 is 10.4 Å². The van der Waals surface area contributed by atoms with Crippen LogP contribution in [0.3, 0.4) is 0 Å². The van der Waals surface area contributed by atoms with Gasteiger partial charge in [0, 0.05) is 39.8 Å². The molecule has 10 nitrogen and oxygen atoms in total. The smallest absolute Gasteiger partial charge is 0.238 e. The molecule has 1 atom stereocenters. The number of aryl methyl sites for hydroxylation is 1. The van der Waals surface area contributed by atoms with E-state index in [1.165, 1.54) is 0 Å². The number of carbonyl (C=O) groups excluding carboxylic acids is 1. The fraction of sp³-hybridized carbons (Fsp3) is 0.600. The van der Waals surface area contributed by atoms with E-state index in [4.69, 9.17) is 0 Å². The number of hydrogen-bond acceptors (Lipinski definition) is 7. The Balaban J connectivity index is 1.52. The van der Waals surface area contributed by atoms with Gasteiger partial charge in [-0.3, -0.25) is 19.3 Å². The van der Waals surface area contributed by atoms with Crippen molar-refractivity contribution >= 4 is 11.6 Å². The summed E-state index contributed by atoms with van der Waals surface area (Å²) in [5.74, 6) is -0.103. The summed E-state index contributed by atoms with van der Waals surface area (Å²) in [6.45, 7) is 5.24. The third-order valence-electron chi connectivity index (χ3n) is 4.40. The molecule has 0 unspecified atom stereocenters. The quantitative estimate of drug-likeness (QED) is 0.632. The van der Waals surface area contributed by atoms with Crippen LogP contribution >= 0.6 is 0 Å². The van der Waals surface area contributed by atoms with Crippen LogP contribution in [-0.4, -0.2) is 84.8 Å². The third-order valence-corrected chi connectivity index (χ3v) is 4.40. The van der Waals surface area contributed by atoms with Gasteiger partial charge in [-0.1, -0.05) is 0 Å². The molecule has 0 aromatic carbocycles. The van der Waals surface area contributed by atoms with Crippen LogP contribution in [0.15, 0.2) is 12.4 Å². The van der Waals surface area contributed by atoms with Crippen LogP contribution in [0, 0.1) is 6.92 Å². The molecule has 2 aromatic rings. The van der Waals surface area contributed by atoms with Gasteiger partial charge in [-0.15, -0.1) is 0 Å². The van der Waals surface area contributed by atoms with E-state index in [0.717, 1.165) is 23.6 Å². The predicted molar refractivity (Wildman–Crippen MR) is 90.7 cm³/mol. The molecule has 136 valence electrons.